The molecule has 2 N–H and O–H groups in total. The van der Waals surface area contributed by atoms with Gasteiger partial charge in [-0.1, -0.05) is 43.3 Å². The van der Waals surface area contributed by atoms with E-state index < -0.39 is 11.6 Å². The number of nitrogens with two attached hydrogens (primary N) is 1. The highest BCUT2D eigenvalue weighted by molar-refractivity contribution is 5.24. The van der Waals surface area contributed by atoms with Crippen molar-refractivity contribution in [3.05, 3.63) is 71.3 Å². The molecule has 2 atom stereocenters. The molecule has 3 heteroatoms. The van der Waals surface area contributed by atoms with Crippen LogP contribution in [0.2, 0.25) is 0 Å². The molecule has 2 aromatic carbocycles. The first kappa shape index (κ1) is 14.7. The van der Waals surface area contributed by atoms with Crippen molar-refractivity contribution in [2.45, 2.75) is 31.7 Å². The Labute approximate surface area is 118 Å². The maximum absolute atomic E-state index is 13.7. The summed E-state index contributed by atoms with van der Waals surface area (Å²) in [7, 11) is 0. The van der Waals surface area contributed by atoms with Gasteiger partial charge in [-0.05, 0) is 36.0 Å². The molecule has 0 aliphatic heterocycles. The maximum atomic E-state index is 13.7. The van der Waals surface area contributed by atoms with E-state index in [1.54, 1.807) is 0 Å². The second-order valence-electron chi connectivity index (χ2n) is 5.03. The molecule has 1 nitrogen and oxygen atoms in total. The molecule has 20 heavy (non-hydrogen) atoms. The summed E-state index contributed by atoms with van der Waals surface area (Å²) in [5.74, 6) is -0.918. The molecule has 106 valence electrons. The van der Waals surface area contributed by atoms with Crippen LogP contribution in [0.1, 0.15) is 30.4 Å². The van der Waals surface area contributed by atoms with Crippen molar-refractivity contribution in [2.75, 3.05) is 0 Å². The molecule has 0 bridgehead atoms. The third-order valence-corrected chi connectivity index (χ3v) is 3.66. The summed E-state index contributed by atoms with van der Waals surface area (Å²) in [6, 6.07) is 13.4. The monoisotopic (exact) mass is 275 g/mol. The lowest BCUT2D eigenvalue weighted by Gasteiger charge is -2.23. The maximum Gasteiger partial charge on any atom is 0.129 e. The fourth-order valence-electron chi connectivity index (χ4n) is 2.57. The van der Waals surface area contributed by atoms with E-state index in [1.807, 2.05) is 30.3 Å². The molecule has 0 spiro atoms. The molecule has 0 amide bonds. The lowest BCUT2D eigenvalue weighted by atomic mass is 9.86. The van der Waals surface area contributed by atoms with Gasteiger partial charge < -0.3 is 5.73 Å². The Morgan fingerprint density at radius 2 is 1.75 bits per heavy atom. The summed E-state index contributed by atoms with van der Waals surface area (Å²) in [6.45, 7) is 2.07. The SMILES string of the molecule is CCC(c1ccccc1)C(N)Cc1ccc(F)cc1F. The van der Waals surface area contributed by atoms with Crippen molar-refractivity contribution >= 4 is 0 Å². The summed E-state index contributed by atoms with van der Waals surface area (Å²) in [6.07, 6.45) is 1.29. The van der Waals surface area contributed by atoms with Gasteiger partial charge in [-0.15, -0.1) is 0 Å². The molecule has 2 unspecified atom stereocenters. The molecular weight excluding hydrogens is 256 g/mol. The highest BCUT2D eigenvalue weighted by Gasteiger charge is 2.19. The van der Waals surface area contributed by atoms with Crippen molar-refractivity contribution in [1.29, 1.82) is 0 Å². The zero-order chi connectivity index (χ0) is 14.5. The summed E-state index contributed by atoms with van der Waals surface area (Å²) < 4.78 is 26.6. The minimum absolute atomic E-state index is 0.167. The third-order valence-electron chi connectivity index (χ3n) is 3.66. The van der Waals surface area contributed by atoms with Gasteiger partial charge in [0.05, 0.1) is 0 Å². The molecule has 0 fully saturated rings. The fraction of sp³-hybridized carbons (Fsp3) is 0.294. The number of rotatable bonds is 5. The molecule has 0 saturated carbocycles. The van der Waals surface area contributed by atoms with E-state index in [-0.39, 0.29) is 12.0 Å². The fourth-order valence-corrected chi connectivity index (χ4v) is 2.57. The highest BCUT2D eigenvalue weighted by Crippen LogP contribution is 2.25. The molecule has 0 aromatic heterocycles. The van der Waals surface area contributed by atoms with Crippen LogP contribution in [0, 0.1) is 11.6 Å². The normalized spacial score (nSPS) is 14.0. The molecule has 2 aromatic rings. The molecule has 0 aliphatic rings. The van der Waals surface area contributed by atoms with Crippen molar-refractivity contribution < 1.29 is 8.78 Å². The van der Waals surface area contributed by atoms with E-state index in [1.165, 1.54) is 12.1 Å². The summed E-state index contributed by atoms with van der Waals surface area (Å²) in [5.41, 5.74) is 7.86. The minimum Gasteiger partial charge on any atom is -0.327 e. The first-order chi connectivity index (χ1) is 9.61. The predicted octanol–water partition coefficient (Wildman–Crippen LogP) is 4.03. The van der Waals surface area contributed by atoms with Crippen LogP contribution in [0.5, 0.6) is 0 Å². The van der Waals surface area contributed by atoms with Gasteiger partial charge in [-0.25, -0.2) is 8.78 Å². The van der Waals surface area contributed by atoms with Gasteiger partial charge in [-0.2, -0.15) is 0 Å². The van der Waals surface area contributed by atoms with Gasteiger partial charge in [-0.3, -0.25) is 0 Å². The Morgan fingerprint density at radius 1 is 1.05 bits per heavy atom. The van der Waals surface area contributed by atoms with Crippen LogP contribution in [-0.2, 0) is 6.42 Å². The van der Waals surface area contributed by atoms with Gasteiger partial charge in [0.2, 0.25) is 0 Å². The van der Waals surface area contributed by atoms with E-state index in [2.05, 4.69) is 6.92 Å². The van der Waals surface area contributed by atoms with E-state index in [0.717, 1.165) is 18.1 Å². The van der Waals surface area contributed by atoms with E-state index in [0.29, 0.717) is 12.0 Å². The van der Waals surface area contributed by atoms with Crippen LogP contribution in [0.3, 0.4) is 0 Å². The Bertz CT molecular complexity index is 554. The second-order valence-corrected chi connectivity index (χ2v) is 5.03. The van der Waals surface area contributed by atoms with E-state index >= 15 is 0 Å². The zero-order valence-corrected chi connectivity index (χ0v) is 11.5. The van der Waals surface area contributed by atoms with Gasteiger partial charge in [0.1, 0.15) is 11.6 Å². The largest absolute Gasteiger partial charge is 0.327 e. The first-order valence-electron chi connectivity index (χ1n) is 6.86. The Hall–Kier alpha value is -1.74. The van der Waals surface area contributed by atoms with Crippen molar-refractivity contribution in [1.82, 2.24) is 0 Å². The van der Waals surface area contributed by atoms with Crippen molar-refractivity contribution in [3.8, 4) is 0 Å². The third kappa shape index (κ3) is 3.42. The molecule has 0 saturated heterocycles. The van der Waals surface area contributed by atoms with Crippen LogP contribution >= 0.6 is 0 Å². The Kier molecular flexibility index (Phi) is 4.85. The quantitative estimate of drug-likeness (QED) is 0.876. The average molecular weight is 275 g/mol. The molecule has 2 rings (SSSR count). The number of halogens is 2. The molecule has 0 heterocycles. The summed E-state index contributed by atoms with van der Waals surface area (Å²) in [4.78, 5) is 0. The highest BCUT2D eigenvalue weighted by atomic mass is 19.1. The van der Waals surface area contributed by atoms with Crippen molar-refractivity contribution in [3.63, 3.8) is 0 Å². The van der Waals surface area contributed by atoms with Crippen LogP contribution in [0.4, 0.5) is 8.78 Å². The van der Waals surface area contributed by atoms with Crippen LogP contribution in [0.15, 0.2) is 48.5 Å². The molecule has 0 radical (unpaired) electrons. The number of benzene rings is 2. The van der Waals surface area contributed by atoms with Crippen LogP contribution in [0.25, 0.3) is 0 Å². The van der Waals surface area contributed by atoms with E-state index in [9.17, 15) is 8.78 Å². The molecular formula is C17H19F2N. The van der Waals surface area contributed by atoms with Gasteiger partial charge >= 0.3 is 0 Å². The second kappa shape index (κ2) is 6.62. The summed E-state index contributed by atoms with van der Waals surface area (Å²) in [5, 5.41) is 0. The van der Waals surface area contributed by atoms with Gasteiger partial charge in [0.25, 0.3) is 0 Å². The Balaban J connectivity index is 2.15. The van der Waals surface area contributed by atoms with Crippen LogP contribution < -0.4 is 5.73 Å². The van der Waals surface area contributed by atoms with Gasteiger partial charge in [0, 0.05) is 12.1 Å². The smallest absolute Gasteiger partial charge is 0.129 e. The predicted molar refractivity (Wildman–Crippen MR) is 77.5 cm³/mol. The lowest BCUT2D eigenvalue weighted by Crippen LogP contribution is -2.30. The van der Waals surface area contributed by atoms with Crippen LogP contribution in [-0.4, -0.2) is 6.04 Å². The van der Waals surface area contributed by atoms with Crippen molar-refractivity contribution in [2.24, 2.45) is 5.73 Å². The number of hydrogen-bond acceptors (Lipinski definition) is 1. The summed E-state index contributed by atoms with van der Waals surface area (Å²) >= 11 is 0. The standard InChI is InChI=1S/C17H19F2N/c1-2-15(12-6-4-3-5-7-12)17(20)10-13-8-9-14(18)11-16(13)19/h3-9,11,15,17H,2,10,20H2,1H3. The number of hydrogen-bond donors (Lipinski definition) is 1. The Morgan fingerprint density at radius 3 is 2.35 bits per heavy atom. The molecule has 0 aliphatic carbocycles. The topological polar surface area (TPSA) is 26.0 Å². The average Bonchev–Trinajstić information content (AvgIpc) is 2.44. The van der Waals surface area contributed by atoms with Gasteiger partial charge in [0.15, 0.2) is 0 Å². The minimum atomic E-state index is -0.560. The lowest BCUT2D eigenvalue weighted by molar-refractivity contribution is 0.498. The first-order valence-corrected chi connectivity index (χ1v) is 6.86. The van der Waals surface area contributed by atoms with E-state index in [4.69, 9.17) is 5.73 Å². The zero-order valence-electron chi connectivity index (χ0n) is 11.5.